The molecule has 0 aliphatic heterocycles. The Balaban J connectivity index is 1.39. The SMILES string of the molecule is O=C(COc1ccc2c(=O)c(-c3ccccc3)coc2c1)NC[C@H](O)c1ccccc1. The summed E-state index contributed by atoms with van der Waals surface area (Å²) >= 11 is 0. The van der Waals surface area contributed by atoms with Gasteiger partial charge >= 0.3 is 0 Å². The Morgan fingerprint density at radius 1 is 1.00 bits per heavy atom. The molecule has 1 aromatic heterocycles. The van der Waals surface area contributed by atoms with Crippen molar-refractivity contribution >= 4 is 16.9 Å². The molecule has 6 nitrogen and oxygen atoms in total. The third kappa shape index (κ3) is 4.82. The maximum atomic E-state index is 12.8. The first kappa shape index (κ1) is 20.4. The molecule has 1 heterocycles. The number of nitrogens with one attached hydrogen (secondary N) is 1. The third-order valence-corrected chi connectivity index (χ3v) is 4.88. The molecule has 0 aliphatic rings. The summed E-state index contributed by atoms with van der Waals surface area (Å²) in [6.07, 6.45) is 0.639. The molecule has 1 atom stereocenters. The van der Waals surface area contributed by atoms with Gasteiger partial charge in [-0.15, -0.1) is 0 Å². The van der Waals surface area contributed by atoms with Gasteiger partial charge in [0.05, 0.1) is 17.1 Å². The van der Waals surface area contributed by atoms with E-state index in [1.165, 1.54) is 6.26 Å². The Bertz CT molecular complexity index is 1240. The van der Waals surface area contributed by atoms with Gasteiger partial charge in [-0.05, 0) is 23.3 Å². The van der Waals surface area contributed by atoms with Crippen molar-refractivity contribution < 1.29 is 19.1 Å². The molecule has 0 spiro atoms. The predicted molar refractivity (Wildman–Crippen MR) is 118 cm³/mol. The minimum atomic E-state index is -0.793. The number of carbonyl (C=O) groups excluding carboxylic acids is 1. The van der Waals surface area contributed by atoms with E-state index in [2.05, 4.69) is 5.32 Å². The fraction of sp³-hybridized carbons (Fsp3) is 0.120. The molecule has 0 aliphatic carbocycles. The summed E-state index contributed by atoms with van der Waals surface area (Å²) in [6.45, 7) is -0.138. The number of carbonyl (C=O) groups is 1. The highest BCUT2D eigenvalue weighted by molar-refractivity contribution is 5.83. The van der Waals surface area contributed by atoms with Gasteiger partial charge in [0.2, 0.25) is 0 Å². The normalized spacial score (nSPS) is 11.8. The van der Waals surface area contributed by atoms with Crippen molar-refractivity contribution in [2.45, 2.75) is 6.10 Å². The third-order valence-electron chi connectivity index (χ3n) is 4.88. The lowest BCUT2D eigenvalue weighted by Crippen LogP contribution is -2.32. The summed E-state index contributed by atoms with van der Waals surface area (Å²) in [5.41, 5.74) is 2.24. The van der Waals surface area contributed by atoms with Crippen molar-refractivity contribution in [3.8, 4) is 16.9 Å². The molecular weight excluding hydrogens is 394 g/mol. The van der Waals surface area contributed by atoms with Crippen LogP contribution in [0.3, 0.4) is 0 Å². The lowest BCUT2D eigenvalue weighted by molar-refractivity contribution is -0.123. The van der Waals surface area contributed by atoms with Crippen molar-refractivity contribution in [2.24, 2.45) is 0 Å². The predicted octanol–water partition coefficient (Wildman–Crippen LogP) is 3.69. The van der Waals surface area contributed by atoms with Crippen LogP contribution in [-0.4, -0.2) is 24.2 Å². The first-order valence-corrected chi connectivity index (χ1v) is 9.85. The number of aliphatic hydroxyl groups excluding tert-OH is 1. The lowest BCUT2D eigenvalue weighted by Gasteiger charge is -2.12. The number of fused-ring (bicyclic) bond motifs is 1. The minimum Gasteiger partial charge on any atom is -0.484 e. The number of amides is 1. The molecule has 2 N–H and O–H groups in total. The van der Waals surface area contributed by atoms with E-state index in [1.54, 1.807) is 30.3 Å². The van der Waals surface area contributed by atoms with Crippen LogP contribution >= 0.6 is 0 Å². The van der Waals surface area contributed by atoms with Crippen LogP contribution in [0.4, 0.5) is 0 Å². The first-order valence-electron chi connectivity index (χ1n) is 9.85. The van der Waals surface area contributed by atoms with E-state index >= 15 is 0 Å². The van der Waals surface area contributed by atoms with Crippen LogP contribution in [-0.2, 0) is 4.79 Å². The van der Waals surface area contributed by atoms with Gasteiger partial charge in [0.1, 0.15) is 17.6 Å². The van der Waals surface area contributed by atoms with Crippen molar-refractivity contribution in [1.82, 2.24) is 5.32 Å². The van der Waals surface area contributed by atoms with Gasteiger partial charge in [0.25, 0.3) is 5.91 Å². The van der Waals surface area contributed by atoms with E-state index in [4.69, 9.17) is 9.15 Å². The second-order valence-corrected chi connectivity index (χ2v) is 7.02. The quantitative estimate of drug-likeness (QED) is 0.481. The minimum absolute atomic E-state index is 0.0844. The Morgan fingerprint density at radius 2 is 1.71 bits per heavy atom. The number of hydrogen-bond donors (Lipinski definition) is 2. The average Bonchev–Trinajstić information content (AvgIpc) is 2.82. The van der Waals surface area contributed by atoms with E-state index in [1.807, 2.05) is 48.5 Å². The van der Waals surface area contributed by atoms with E-state index in [9.17, 15) is 14.7 Å². The van der Waals surface area contributed by atoms with Gasteiger partial charge in [0.15, 0.2) is 12.0 Å². The highest BCUT2D eigenvalue weighted by atomic mass is 16.5. The van der Waals surface area contributed by atoms with Gasteiger partial charge in [-0.2, -0.15) is 0 Å². The van der Waals surface area contributed by atoms with Gasteiger partial charge in [0, 0.05) is 12.6 Å². The molecule has 156 valence electrons. The summed E-state index contributed by atoms with van der Waals surface area (Å²) in [4.78, 5) is 24.8. The Labute approximate surface area is 178 Å². The zero-order valence-corrected chi connectivity index (χ0v) is 16.7. The summed E-state index contributed by atoms with van der Waals surface area (Å²) in [5.74, 6) is 0.0397. The molecular formula is C25H21NO5. The van der Waals surface area contributed by atoms with Gasteiger partial charge in [-0.25, -0.2) is 0 Å². The van der Waals surface area contributed by atoms with Crippen LogP contribution in [0.1, 0.15) is 11.7 Å². The standard InChI is InChI=1S/C25H21NO5/c27-22(18-9-5-2-6-10-18)14-26-24(28)16-30-19-11-12-20-23(13-19)31-15-21(25(20)29)17-7-3-1-4-8-17/h1-13,15,22,27H,14,16H2,(H,26,28)/t22-/m0/s1. The number of aliphatic hydroxyl groups is 1. The van der Waals surface area contributed by atoms with Gasteiger partial charge in [-0.1, -0.05) is 60.7 Å². The molecule has 0 bridgehead atoms. The second kappa shape index (κ2) is 9.28. The Hall–Kier alpha value is -3.90. The molecule has 4 aromatic rings. The molecule has 0 radical (unpaired) electrons. The van der Waals surface area contributed by atoms with Gasteiger partial charge < -0.3 is 19.6 Å². The van der Waals surface area contributed by atoms with Crippen LogP contribution in [0.15, 0.2) is 94.3 Å². The molecule has 6 heteroatoms. The maximum Gasteiger partial charge on any atom is 0.258 e. The zero-order chi connectivity index (χ0) is 21.6. The van der Waals surface area contributed by atoms with Crippen LogP contribution in [0.25, 0.3) is 22.1 Å². The number of hydrogen-bond acceptors (Lipinski definition) is 5. The summed E-state index contributed by atoms with van der Waals surface area (Å²) in [7, 11) is 0. The fourth-order valence-corrected chi connectivity index (χ4v) is 3.22. The molecule has 1 amide bonds. The van der Waals surface area contributed by atoms with Crippen molar-refractivity contribution in [3.05, 3.63) is 101 Å². The number of ether oxygens (including phenoxy) is 1. The molecule has 3 aromatic carbocycles. The monoisotopic (exact) mass is 415 g/mol. The molecule has 0 fully saturated rings. The number of benzene rings is 3. The largest absolute Gasteiger partial charge is 0.484 e. The highest BCUT2D eigenvalue weighted by Crippen LogP contribution is 2.23. The Morgan fingerprint density at radius 3 is 2.45 bits per heavy atom. The smallest absolute Gasteiger partial charge is 0.258 e. The van der Waals surface area contributed by atoms with Crippen LogP contribution in [0, 0.1) is 0 Å². The summed E-state index contributed by atoms with van der Waals surface area (Å²) in [6, 6.07) is 23.2. The zero-order valence-electron chi connectivity index (χ0n) is 16.7. The highest BCUT2D eigenvalue weighted by Gasteiger charge is 2.12. The maximum absolute atomic E-state index is 12.8. The second-order valence-electron chi connectivity index (χ2n) is 7.02. The van der Waals surface area contributed by atoms with E-state index < -0.39 is 6.10 Å². The lowest BCUT2D eigenvalue weighted by atomic mass is 10.1. The van der Waals surface area contributed by atoms with Crippen molar-refractivity contribution in [2.75, 3.05) is 13.2 Å². The summed E-state index contributed by atoms with van der Waals surface area (Å²) < 4.78 is 11.2. The van der Waals surface area contributed by atoms with Crippen molar-refractivity contribution in [1.29, 1.82) is 0 Å². The van der Waals surface area contributed by atoms with E-state index in [-0.39, 0.29) is 24.5 Å². The Kier molecular flexibility index (Phi) is 6.10. The average molecular weight is 415 g/mol. The first-order chi connectivity index (χ1) is 15.1. The topological polar surface area (TPSA) is 88.8 Å². The van der Waals surface area contributed by atoms with E-state index in [0.717, 1.165) is 11.1 Å². The molecule has 0 saturated heterocycles. The van der Waals surface area contributed by atoms with Crippen LogP contribution in [0.5, 0.6) is 5.75 Å². The van der Waals surface area contributed by atoms with Crippen LogP contribution in [0.2, 0.25) is 0 Å². The van der Waals surface area contributed by atoms with Crippen LogP contribution < -0.4 is 15.5 Å². The van der Waals surface area contributed by atoms with E-state index in [0.29, 0.717) is 22.3 Å². The molecule has 0 saturated carbocycles. The fourth-order valence-electron chi connectivity index (χ4n) is 3.22. The number of rotatable bonds is 7. The van der Waals surface area contributed by atoms with Gasteiger partial charge in [-0.3, -0.25) is 9.59 Å². The molecule has 0 unspecified atom stereocenters. The summed E-state index contributed by atoms with van der Waals surface area (Å²) in [5, 5.41) is 13.2. The molecule has 4 rings (SSSR count). The molecule has 31 heavy (non-hydrogen) atoms. The van der Waals surface area contributed by atoms with Crippen molar-refractivity contribution in [3.63, 3.8) is 0 Å².